The molecule has 0 spiro atoms. The lowest BCUT2D eigenvalue weighted by Crippen LogP contribution is -2.35. The van der Waals surface area contributed by atoms with Gasteiger partial charge in [-0.2, -0.15) is 0 Å². The first-order valence-electron chi connectivity index (χ1n) is 8.56. The first-order valence-corrected chi connectivity index (χ1v) is 8.56. The van der Waals surface area contributed by atoms with E-state index in [4.69, 9.17) is 5.11 Å². The zero-order valence-electron chi connectivity index (χ0n) is 14.4. The fourth-order valence-electron chi connectivity index (χ4n) is 2.84. The van der Waals surface area contributed by atoms with Crippen molar-refractivity contribution in [2.75, 3.05) is 18.1 Å². The molecule has 0 unspecified atom stereocenters. The number of nitrogens with one attached hydrogen (secondary N) is 1. The second-order valence-corrected chi connectivity index (χ2v) is 5.98. The highest BCUT2D eigenvalue weighted by molar-refractivity contribution is 5.95. The van der Waals surface area contributed by atoms with E-state index in [0.29, 0.717) is 6.54 Å². The highest BCUT2D eigenvalue weighted by Crippen LogP contribution is 2.25. The van der Waals surface area contributed by atoms with Crippen LogP contribution in [0.3, 0.4) is 0 Å². The monoisotopic (exact) mass is 348 g/mol. The fourth-order valence-corrected chi connectivity index (χ4v) is 2.84. The molecule has 1 heterocycles. The van der Waals surface area contributed by atoms with Crippen molar-refractivity contribution in [2.24, 2.45) is 0 Å². The second-order valence-electron chi connectivity index (χ2n) is 5.98. The summed E-state index contributed by atoms with van der Waals surface area (Å²) < 4.78 is 0. The van der Waals surface area contributed by atoms with Crippen LogP contribution in [0.2, 0.25) is 0 Å². The minimum atomic E-state index is -0.260. The normalized spacial score (nSPS) is 12.0. The van der Waals surface area contributed by atoms with Gasteiger partial charge in [0.05, 0.1) is 18.8 Å². The number of amides is 2. The molecule has 1 aliphatic rings. The van der Waals surface area contributed by atoms with Crippen molar-refractivity contribution in [3.63, 3.8) is 0 Å². The van der Waals surface area contributed by atoms with Gasteiger partial charge in [-0.05, 0) is 23.8 Å². The minimum Gasteiger partial charge on any atom is -0.396 e. The van der Waals surface area contributed by atoms with Crippen LogP contribution in [0.5, 0.6) is 0 Å². The highest BCUT2D eigenvalue weighted by Gasteiger charge is 2.20. The number of nitrogens with zero attached hydrogens (tertiary/aromatic N) is 1. The lowest BCUT2D eigenvalue weighted by Gasteiger charge is -2.26. The summed E-state index contributed by atoms with van der Waals surface area (Å²) in [4.78, 5) is 26.0. The number of aliphatic hydroxyl groups excluding tert-OH is 1. The number of rotatable bonds is 5. The molecule has 0 aromatic heterocycles. The van der Waals surface area contributed by atoms with Gasteiger partial charge in [0.2, 0.25) is 11.8 Å². The van der Waals surface area contributed by atoms with E-state index in [1.807, 2.05) is 48.5 Å². The Hall–Kier alpha value is -3.10. The molecule has 0 atom stereocenters. The third kappa shape index (κ3) is 4.11. The summed E-state index contributed by atoms with van der Waals surface area (Å²) >= 11 is 0. The number of hydrogen-bond donors (Lipinski definition) is 2. The maximum atomic E-state index is 12.9. The van der Waals surface area contributed by atoms with Gasteiger partial charge in [0.1, 0.15) is 0 Å². The Kier molecular flexibility index (Phi) is 5.67. The molecule has 0 bridgehead atoms. The Balaban J connectivity index is 1.83. The van der Waals surface area contributed by atoms with Gasteiger partial charge >= 0.3 is 0 Å². The van der Waals surface area contributed by atoms with Gasteiger partial charge in [-0.3, -0.25) is 9.59 Å². The van der Waals surface area contributed by atoms with Crippen molar-refractivity contribution in [3.8, 4) is 11.8 Å². The predicted molar refractivity (Wildman–Crippen MR) is 99.4 cm³/mol. The Bertz CT molecular complexity index is 880. The van der Waals surface area contributed by atoms with Crippen molar-refractivity contribution in [2.45, 2.75) is 19.4 Å². The molecule has 2 aromatic carbocycles. The number of carbonyl (C=O) groups excluding carboxylic acids is 2. The molecule has 5 nitrogen and oxygen atoms in total. The molecule has 0 radical (unpaired) electrons. The largest absolute Gasteiger partial charge is 0.396 e. The molecule has 3 rings (SSSR count). The molecule has 2 amide bonds. The zero-order chi connectivity index (χ0) is 18.4. The molecular weight excluding hydrogens is 328 g/mol. The number of benzene rings is 2. The standard InChI is InChI=1S/C21H20N2O3/c24-14-12-20(25)22-13-11-21(26)23-15-18-7-2-1-5-16(18)9-10-17-6-3-4-8-19(17)23/h1-8,24H,11-15H2,(H,22,25). The molecule has 132 valence electrons. The van der Waals surface area contributed by atoms with Crippen molar-refractivity contribution >= 4 is 17.5 Å². The van der Waals surface area contributed by atoms with Gasteiger partial charge in [-0.15, -0.1) is 0 Å². The number of carbonyl (C=O) groups is 2. The Morgan fingerprint density at radius 2 is 1.69 bits per heavy atom. The van der Waals surface area contributed by atoms with E-state index < -0.39 is 0 Å². The Labute approximate surface area is 152 Å². The van der Waals surface area contributed by atoms with E-state index in [1.54, 1.807) is 4.90 Å². The number of hydrogen-bond acceptors (Lipinski definition) is 3. The van der Waals surface area contributed by atoms with Gasteiger partial charge in [-0.1, -0.05) is 42.2 Å². The average molecular weight is 348 g/mol. The van der Waals surface area contributed by atoms with Gasteiger partial charge < -0.3 is 15.3 Å². The number of para-hydroxylation sites is 1. The van der Waals surface area contributed by atoms with Gasteiger partial charge in [0.15, 0.2) is 0 Å². The van der Waals surface area contributed by atoms with E-state index in [1.165, 1.54) is 0 Å². The summed E-state index contributed by atoms with van der Waals surface area (Å²) in [7, 11) is 0. The number of anilines is 1. The molecule has 1 aliphatic heterocycles. The van der Waals surface area contributed by atoms with E-state index in [9.17, 15) is 9.59 Å². The molecule has 0 aliphatic carbocycles. The SMILES string of the molecule is O=C(CCO)NCCC(=O)N1Cc2ccccc2C#Cc2ccccc21. The minimum absolute atomic E-state index is 0.0453. The molecule has 2 N–H and O–H groups in total. The summed E-state index contributed by atoms with van der Waals surface area (Å²) in [5, 5.41) is 11.4. The molecule has 0 saturated heterocycles. The molecule has 5 heteroatoms. The van der Waals surface area contributed by atoms with Crippen LogP contribution in [0.15, 0.2) is 48.5 Å². The van der Waals surface area contributed by atoms with Crippen LogP contribution >= 0.6 is 0 Å². The zero-order valence-corrected chi connectivity index (χ0v) is 14.4. The van der Waals surface area contributed by atoms with E-state index in [-0.39, 0.29) is 37.8 Å². The summed E-state index contributed by atoms with van der Waals surface area (Å²) in [5.74, 6) is 6.00. The van der Waals surface area contributed by atoms with Crippen LogP contribution in [-0.2, 0) is 16.1 Å². The summed E-state index contributed by atoms with van der Waals surface area (Å²) in [5.41, 5.74) is 3.49. The average Bonchev–Trinajstić information content (AvgIpc) is 2.64. The fraction of sp³-hybridized carbons (Fsp3) is 0.238. The number of aliphatic hydroxyl groups is 1. The van der Waals surface area contributed by atoms with E-state index >= 15 is 0 Å². The van der Waals surface area contributed by atoms with Crippen LogP contribution in [0.1, 0.15) is 29.5 Å². The predicted octanol–water partition coefficient (Wildman–Crippen LogP) is 1.82. The first-order chi connectivity index (χ1) is 12.7. The van der Waals surface area contributed by atoms with E-state index in [0.717, 1.165) is 22.4 Å². The molecular formula is C21H20N2O3. The Morgan fingerprint density at radius 3 is 2.50 bits per heavy atom. The van der Waals surface area contributed by atoms with Gasteiger partial charge in [-0.25, -0.2) is 0 Å². The first kappa shape index (κ1) is 17.7. The third-order valence-electron chi connectivity index (χ3n) is 4.17. The third-order valence-corrected chi connectivity index (χ3v) is 4.17. The van der Waals surface area contributed by atoms with Crippen LogP contribution in [0.4, 0.5) is 5.69 Å². The van der Waals surface area contributed by atoms with Crippen molar-refractivity contribution < 1.29 is 14.7 Å². The van der Waals surface area contributed by atoms with Crippen LogP contribution < -0.4 is 10.2 Å². The molecule has 26 heavy (non-hydrogen) atoms. The molecule has 0 fully saturated rings. The lowest BCUT2D eigenvalue weighted by atomic mass is 10.0. The van der Waals surface area contributed by atoms with Crippen molar-refractivity contribution in [1.82, 2.24) is 5.32 Å². The second kappa shape index (κ2) is 8.32. The van der Waals surface area contributed by atoms with Crippen LogP contribution in [0.25, 0.3) is 0 Å². The molecule has 0 saturated carbocycles. The summed E-state index contributed by atoms with van der Waals surface area (Å²) in [6.07, 6.45) is 0.227. The van der Waals surface area contributed by atoms with E-state index in [2.05, 4.69) is 17.2 Å². The van der Waals surface area contributed by atoms with Crippen LogP contribution in [0, 0.1) is 11.8 Å². The smallest absolute Gasteiger partial charge is 0.229 e. The van der Waals surface area contributed by atoms with Crippen molar-refractivity contribution in [3.05, 3.63) is 65.2 Å². The topological polar surface area (TPSA) is 69.6 Å². The number of fused-ring (bicyclic) bond motifs is 2. The lowest BCUT2D eigenvalue weighted by molar-refractivity contribution is -0.122. The highest BCUT2D eigenvalue weighted by atomic mass is 16.3. The van der Waals surface area contributed by atoms with Gasteiger partial charge in [0, 0.05) is 30.5 Å². The van der Waals surface area contributed by atoms with Gasteiger partial charge in [0.25, 0.3) is 0 Å². The maximum absolute atomic E-state index is 12.9. The summed E-state index contributed by atoms with van der Waals surface area (Å²) in [6.45, 7) is 0.476. The quantitative estimate of drug-likeness (QED) is 0.810. The van der Waals surface area contributed by atoms with Crippen molar-refractivity contribution in [1.29, 1.82) is 0 Å². The Morgan fingerprint density at radius 1 is 1.00 bits per heavy atom. The molecule has 2 aromatic rings. The maximum Gasteiger partial charge on any atom is 0.229 e. The van der Waals surface area contributed by atoms with Crippen LogP contribution in [-0.4, -0.2) is 30.1 Å². The summed E-state index contributed by atoms with van der Waals surface area (Å²) in [6, 6.07) is 15.4.